The van der Waals surface area contributed by atoms with Crippen LogP contribution in [0.3, 0.4) is 0 Å². The molecule has 0 saturated carbocycles. The Morgan fingerprint density at radius 1 is 0.765 bits per heavy atom. The van der Waals surface area contributed by atoms with Crippen molar-refractivity contribution in [3.8, 4) is 22.7 Å². The number of aromatic nitrogens is 2. The predicted molar refractivity (Wildman–Crippen MR) is 65.2 cm³/mol. The average Bonchev–Trinajstić information content (AvgIpc) is 2.94. The summed E-state index contributed by atoms with van der Waals surface area (Å²) in [6.07, 6.45) is 5.23. The van der Waals surface area contributed by atoms with Gasteiger partial charge in [-0.3, -0.25) is 0 Å². The number of hydrogen-bond donors (Lipinski definition) is 0. The van der Waals surface area contributed by atoms with E-state index in [2.05, 4.69) is 9.97 Å². The van der Waals surface area contributed by atoms with Crippen molar-refractivity contribution >= 4 is 0 Å². The van der Waals surface area contributed by atoms with E-state index in [1.807, 2.05) is 42.5 Å². The van der Waals surface area contributed by atoms with Gasteiger partial charge in [0.05, 0.1) is 6.26 Å². The molecule has 82 valence electrons. The number of nitrogens with zero attached hydrogens (tertiary/aromatic N) is 2. The summed E-state index contributed by atoms with van der Waals surface area (Å²) in [5, 5.41) is 0. The molecule has 3 aromatic rings. The summed E-state index contributed by atoms with van der Waals surface area (Å²) in [4.78, 5) is 8.59. The molecular formula is C14H10N2O. The van der Waals surface area contributed by atoms with Crippen LogP contribution in [0, 0.1) is 0 Å². The highest BCUT2D eigenvalue weighted by molar-refractivity contribution is 5.62. The van der Waals surface area contributed by atoms with Crippen LogP contribution in [0.25, 0.3) is 22.7 Å². The van der Waals surface area contributed by atoms with Gasteiger partial charge in [-0.1, -0.05) is 30.3 Å². The molecule has 17 heavy (non-hydrogen) atoms. The molecule has 0 bridgehead atoms. The van der Waals surface area contributed by atoms with E-state index in [1.54, 1.807) is 18.7 Å². The van der Waals surface area contributed by atoms with E-state index in [0.29, 0.717) is 11.6 Å². The van der Waals surface area contributed by atoms with Crippen molar-refractivity contribution in [1.82, 2.24) is 9.97 Å². The third kappa shape index (κ3) is 1.95. The molecule has 0 aliphatic heterocycles. The van der Waals surface area contributed by atoms with Crippen molar-refractivity contribution in [2.75, 3.05) is 0 Å². The second-order valence-corrected chi connectivity index (χ2v) is 3.64. The Morgan fingerprint density at radius 3 is 2.18 bits per heavy atom. The fourth-order valence-corrected chi connectivity index (χ4v) is 1.64. The van der Waals surface area contributed by atoms with Gasteiger partial charge in [-0.15, -0.1) is 0 Å². The molecule has 0 unspecified atom stereocenters. The lowest BCUT2D eigenvalue weighted by atomic mass is 10.1. The summed E-state index contributed by atoms with van der Waals surface area (Å²) in [5.41, 5.74) is 2.11. The van der Waals surface area contributed by atoms with Crippen molar-refractivity contribution in [2.45, 2.75) is 0 Å². The largest absolute Gasteiger partial charge is 0.461 e. The van der Waals surface area contributed by atoms with Gasteiger partial charge < -0.3 is 4.42 Å². The fraction of sp³-hybridized carbons (Fsp3) is 0. The van der Waals surface area contributed by atoms with Crippen LogP contribution in [0.5, 0.6) is 0 Å². The van der Waals surface area contributed by atoms with Gasteiger partial charge in [0.15, 0.2) is 11.6 Å². The zero-order valence-corrected chi connectivity index (χ0v) is 9.08. The summed E-state index contributed by atoms with van der Waals surface area (Å²) in [5.74, 6) is 1.29. The standard InChI is InChI=1S/C14H10N2O/c1-2-5-11(6-3-1)12-9-15-14(16-10-12)13-7-4-8-17-13/h1-10H. The summed E-state index contributed by atoms with van der Waals surface area (Å²) in [6.45, 7) is 0. The Hall–Kier alpha value is -2.42. The first kappa shape index (κ1) is 9.78. The molecule has 2 aromatic heterocycles. The Bertz CT molecular complexity index is 586. The summed E-state index contributed by atoms with van der Waals surface area (Å²) in [6, 6.07) is 13.7. The summed E-state index contributed by atoms with van der Waals surface area (Å²) >= 11 is 0. The lowest BCUT2D eigenvalue weighted by molar-refractivity contribution is 0.577. The van der Waals surface area contributed by atoms with Gasteiger partial charge in [0.1, 0.15) is 0 Å². The zero-order chi connectivity index (χ0) is 11.5. The molecule has 0 amide bonds. The highest BCUT2D eigenvalue weighted by atomic mass is 16.3. The van der Waals surface area contributed by atoms with Crippen molar-refractivity contribution in [2.24, 2.45) is 0 Å². The molecule has 0 aliphatic carbocycles. The molecule has 0 spiro atoms. The second kappa shape index (κ2) is 4.22. The Balaban J connectivity index is 1.96. The van der Waals surface area contributed by atoms with Crippen molar-refractivity contribution < 1.29 is 4.42 Å². The first-order valence-corrected chi connectivity index (χ1v) is 5.35. The molecular weight excluding hydrogens is 212 g/mol. The lowest BCUT2D eigenvalue weighted by Gasteiger charge is -2.00. The van der Waals surface area contributed by atoms with Gasteiger partial charge in [0, 0.05) is 18.0 Å². The van der Waals surface area contributed by atoms with Crippen molar-refractivity contribution in [1.29, 1.82) is 0 Å². The van der Waals surface area contributed by atoms with Crippen LogP contribution in [0.4, 0.5) is 0 Å². The number of furan rings is 1. The first-order valence-electron chi connectivity index (χ1n) is 5.35. The molecule has 0 atom stereocenters. The van der Waals surface area contributed by atoms with Crippen LogP contribution >= 0.6 is 0 Å². The van der Waals surface area contributed by atoms with Gasteiger partial charge in [0.25, 0.3) is 0 Å². The summed E-state index contributed by atoms with van der Waals surface area (Å²) < 4.78 is 5.24. The number of hydrogen-bond acceptors (Lipinski definition) is 3. The minimum atomic E-state index is 0.606. The SMILES string of the molecule is c1ccc(-c2cnc(-c3ccco3)nc2)cc1. The maximum absolute atomic E-state index is 5.24. The average molecular weight is 222 g/mol. The lowest BCUT2D eigenvalue weighted by Crippen LogP contribution is -1.88. The first-order chi connectivity index (χ1) is 8.43. The van der Waals surface area contributed by atoms with Gasteiger partial charge >= 0.3 is 0 Å². The highest BCUT2D eigenvalue weighted by Crippen LogP contribution is 2.19. The summed E-state index contributed by atoms with van der Waals surface area (Å²) in [7, 11) is 0. The van der Waals surface area contributed by atoms with Crippen molar-refractivity contribution in [3.63, 3.8) is 0 Å². The van der Waals surface area contributed by atoms with Gasteiger partial charge in [-0.25, -0.2) is 9.97 Å². The van der Waals surface area contributed by atoms with E-state index >= 15 is 0 Å². The maximum atomic E-state index is 5.24. The number of benzene rings is 1. The van der Waals surface area contributed by atoms with Crippen LogP contribution in [0.15, 0.2) is 65.5 Å². The monoisotopic (exact) mass is 222 g/mol. The quantitative estimate of drug-likeness (QED) is 0.667. The van der Waals surface area contributed by atoms with E-state index < -0.39 is 0 Å². The smallest absolute Gasteiger partial charge is 0.195 e. The van der Waals surface area contributed by atoms with Gasteiger partial charge in [0.2, 0.25) is 0 Å². The molecule has 0 N–H and O–H groups in total. The van der Waals surface area contributed by atoms with Crippen LogP contribution < -0.4 is 0 Å². The molecule has 3 rings (SSSR count). The topological polar surface area (TPSA) is 38.9 Å². The van der Waals surface area contributed by atoms with Crippen LogP contribution in [-0.2, 0) is 0 Å². The number of rotatable bonds is 2. The molecule has 0 fully saturated rings. The Labute approximate surface area is 98.8 Å². The maximum Gasteiger partial charge on any atom is 0.195 e. The molecule has 0 radical (unpaired) electrons. The molecule has 0 saturated heterocycles. The zero-order valence-electron chi connectivity index (χ0n) is 9.08. The van der Waals surface area contributed by atoms with E-state index in [9.17, 15) is 0 Å². The molecule has 1 aromatic carbocycles. The third-order valence-corrected chi connectivity index (χ3v) is 2.50. The van der Waals surface area contributed by atoms with Crippen molar-refractivity contribution in [3.05, 3.63) is 61.1 Å². The third-order valence-electron chi connectivity index (χ3n) is 2.50. The Kier molecular flexibility index (Phi) is 2.43. The second-order valence-electron chi connectivity index (χ2n) is 3.64. The molecule has 2 heterocycles. The van der Waals surface area contributed by atoms with Gasteiger partial charge in [-0.05, 0) is 17.7 Å². The normalized spacial score (nSPS) is 10.4. The van der Waals surface area contributed by atoms with Crippen LogP contribution in [0.1, 0.15) is 0 Å². The Morgan fingerprint density at radius 2 is 1.53 bits per heavy atom. The van der Waals surface area contributed by atoms with Gasteiger partial charge in [-0.2, -0.15) is 0 Å². The predicted octanol–water partition coefficient (Wildman–Crippen LogP) is 3.40. The molecule has 3 heteroatoms. The van der Waals surface area contributed by atoms with E-state index in [-0.39, 0.29) is 0 Å². The minimum Gasteiger partial charge on any atom is -0.461 e. The van der Waals surface area contributed by atoms with Crippen LogP contribution in [0.2, 0.25) is 0 Å². The van der Waals surface area contributed by atoms with E-state index in [1.165, 1.54) is 0 Å². The highest BCUT2D eigenvalue weighted by Gasteiger charge is 2.04. The molecule has 0 aliphatic rings. The minimum absolute atomic E-state index is 0.606. The van der Waals surface area contributed by atoms with E-state index in [4.69, 9.17) is 4.42 Å². The molecule has 3 nitrogen and oxygen atoms in total. The van der Waals surface area contributed by atoms with E-state index in [0.717, 1.165) is 11.1 Å². The fourth-order valence-electron chi connectivity index (χ4n) is 1.64. The van der Waals surface area contributed by atoms with Crippen LogP contribution in [-0.4, -0.2) is 9.97 Å².